The first-order valence-corrected chi connectivity index (χ1v) is 6.05. The molecule has 1 aliphatic rings. The van der Waals surface area contributed by atoms with Gasteiger partial charge in [-0.2, -0.15) is 0 Å². The molecule has 0 fully saturated rings. The number of anilines is 1. The quantitative estimate of drug-likeness (QED) is 0.828. The predicted molar refractivity (Wildman–Crippen MR) is 76.3 cm³/mol. The van der Waals surface area contributed by atoms with E-state index in [2.05, 4.69) is 10.3 Å². The van der Waals surface area contributed by atoms with E-state index in [4.69, 9.17) is 0 Å². The van der Waals surface area contributed by atoms with Crippen molar-refractivity contribution in [2.24, 2.45) is 4.99 Å². The van der Waals surface area contributed by atoms with Crippen LogP contribution in [0.25, 0.3) is 0 Å². The van der Waals surface area contributed by atoms with Crippen LogP contribution >= 0.6 is 0 Å². The summed E-state index contributed by atoms with van der Waals surface area (Å²) in [7, 11) is 0. The second-order valence-corrected chi connectivity index (χ2v) is 4.19. The second kappa shape index (κ2) is 4.90. The van der Waals surface area contributed by atoms with Crippen molar-refractivity contribution in [3.05, 3.63) is 78.0 Å². The molecule has 1 N–H and O–H groups in total. The molecule has 0 atom stereocenters. The van der Waals surface area contributed by atoms with Gasteiger partial charge in [-0.1, -0.05) is 48.5 Å². The van der Waals surface area contributed by atoms with Crippen molar-refractivity contribution in [2.75, 3.05) is 5.32 Å². The van der Waals surface area contributed by atoms with Gasteiger partial charge in [0, 0.05) is 23.4 Å². The molecule has 3 heteroatoms. The first-order valence-electron chi connectivity index (χ1n) is 6.05. The smallest absolute Gasteiger partial charge is 0.249 e. The van der Waals surface area contributed by atoms with E-state index in [1.807, 2.05) is 54.6 Å². The molecule has 3 nitrogen and oxygen atoms in total. The Labute approximate surface area is 111 Å². The number of hydrogen-bond donors (Lipinski definition) is 1. The lowest BCUT2D eigenvalue weighted by Gasteiger charge is -2.14. The lowest BCUT2D eigenvalue weighted by molar-refractivity contribution is -0.111. The summed E-state index contributed by atoms with van der Waals surface area (Å²) < 4.78 is 0. The number of nitrogens with zero attached hydrogens (tertiary/aromatic N) is 1. The summed E-state index contributed by atoms with van der Waals surface area (Å²) >= 11 is 0. The van der Waals surface area contributed by atoms with Crippen molar-refractivity contribution in [1.29, 1.82) is 0 Å². The maximum absolute atomic E-state index is 11.6. The summed E-state index contributed by atoms with van der Waals surface area (Å²) in [6.07, 6.45) is 2.96. The fourth-order valence-electron chi connectivity index (χ4n) is 2.05. The number of amides is 1. The Morgan fingerprint density at radius 1 is 0.895 bits per heavy atom. The van der Waals surface area contributed by atoms with E-state index in [9.17, 15) is 4.79 Å². The maximum atomic E-state index is 11.6. The fourth-order valence-corrected chi connectivity index (χ4v) is 2.05. The molecule has 0 bridgehead atoms. The molecule has 0 aromatic heterocycles. The van der Waals surface area contributed by atoms with Gasteiger partial charge in [0.2, 0.25) is 5.91 Å². The van der Waals surface area contributed by atoms with Crippen molar-refractivity contribution < 1.29 is 4.79 Å². The highest BCUT2D eigenvalue weighted by Gasteiger charge is 2.13. The first kappa shape index (κ1) is 11.4. The van der Waals surface area contributed by atoms with Crippen molar-refractivity contribution in [1.82, 2.24) is 0 Å². The molecule has 3 rings (SSSR count). The molecule has 1 aliphatic heterocycles. The molecule has 2 aromatic rings. The van der Waals surface area contributed by atoms with Crippen LogP contribution in [0.15, 0.2) is 71.9 Å². The lowest BCUT2D eigenvalue weighted by Crippen LogP contribution is -2.14. The Balaban J connectivity index is 2.20. The average molecular weight is 248 g/mol. The minimum absolute atomic E-state index is 0.164. The fraction of sp³-hybridized carbons (Fsp3) is 0. The van der Waals surface area contributed by atoms with E-state index >= 15 is 0 Å². The first-order chi connectivity index (χ1) is 9.34. The molecule has 0 saturated carbocycles. The largest absolute Gasteiger partial charge is 0.322 e. The van der Waals surface area contributed by atoms with Crippen LogP contribution in [-0.2, 0) is 4.79 Å². The van der Waals surface area contributed by atoms with Crippen LogP contribution in [0.2, 0.25) is 0 Å². The van der Waals surface area contributed by atoms with Crippen LogP contribution in [0, 0.1) is 0 Å². The van der Waals surface area contributed by atoms with Gasteiger partial charge < -0.3 is 5.32 Å². The molecule has 0 spiro atoms. The highest BCUT2D eigenvalue weighted by Crippen LogP contribution is 2.21. The van der Waals surface area contributed by atoms with Crippen LogP contribution in [0.1, 0.15) is 11.1 Å². The van der Waals surface area contributed by atoms with Crippen LogP contribution in [0.4, 0.5) is 5.69 Å². The van der Waals surface area contributed by atoms with Crippen molar-refractivity contribution in [3.8, 4) is 0 Å². The highest BCUT2D eigenvalue weighted by atomic mass is 16.1. The zero-order valence-corrected chi connectivity index (χ0v) is 10.2. The van der Waals surface area contributed by atoms with Gasteiger partial charge in [0.05, 0.1) is 11.4 Å². The third-order valence-corrected chi connectivity index (χ3v) is 2.92. The predicted octanol–water partition coefficient (Wildman–Crippen LogP) is 2.99. The molecule has 1 amide bonds. The molecule has 0 saturated heterocycles. The Bertz CT molecular complexity index is 672. The number of para-hydroxylation sites is 1. The molecule has 0 aliphatic carbocycles. The van der Waals surface area contributed by atoms with Gasteiger partial charge >= 0.3 is 0 Å². The number of fused-ring (bicyclic) bond motifs is 1. The second-order valence-electron chi connectivity index (χ2n) is 4.19. The van der Waals surface area contributed by atoms with E-state index in [0.717, 1.165) is 22.5 Å². The van der Waals surface area contributed by atoms with Crippen LogP contribution in [0.3, 0.4) is 0 Å². The Morgan fingerprint density at radius 2 is 1.63 bits per heavy atom. The van der Waals surface area contributed by atoms with Gasteiger partial charge in [-0.3, -0.25) is 9.79 Å². The Hall–Kier alpha value is -2.68. The maximum Gasteiger partial charge on any atom is 0.249 e. The molecule has 0 unspecified atom stereocenters. The zero-order valence-electron chi connectivity index (χ0n) is 10.2. The summed E-state index contributed by atoms with van der Waals surface area (Å²) in [4.78, 5) is 16.0. The number of carbonyl (C=O) groups excluding carboxylic acids is 1. The monoisotopic (exact) mass is 248 g/mol. The standard InChI is InChI=1S/C16H12N2O/c19-15-10-11-17-16(12-6-2-1-3-7-12)13-8-4-5-9-14(13)18-15/h1-11H,(H,18,19). The van der Waals surface area contributed by atoms with Crippen LogP contribution in [0.5, 0.6) is 0 Å². The van der Waals surface area contributed by atoms with Crippen LogP contribution in [-0.4, -0.2) is 11.6 Å². The van der Waals surface area contributed by atoms with E-state index in [1.165, 1.54) is 12.3 Å². The average Bonchev–Trinajstić information content (AvgIpc) is 2.43. The van der Waals surface area contributed by atoms with E-state index in [-0.39, 0.29) is 5.91 Å². The zero-order chi connectivity index (χ0) is 13.1. The number of hydrogen-bond acceptors (Lipinski definition) is 2. The lowest BCUT2D eigenvalue weighted by atomic mass is 10.00. The SMILES string of the molecule is O=C1C=CN=C(c2ccccc2)c2ccccc2N1. The highest BCUT2D eigenvalue weighted by molar-refractivity contribution is 6.18. The Morgan fingerprint density at radius 3 is 2.47 bits per heavy atom. The van der Waals surface area contributed by atoms with Crippen LogP contribution < -0.4 is 5.32 Å². The van der Waals surface area contributed by atoms with Gasteiger partial charge in [-0.25, -0.2) is 0 Å². The third kappa shape index (κ3) is 2.31. The molecular weight excluding hydrogens is 236 g/mol. The van der Waals surface area contributed by atoms with E-state index < -0.39 is 0 Å². The minimum Gasteiger partial charge on any atom is -0.322 e. The van der Waals surface area contributed by atoms with Gasteiger partial charge in [0.25, 0.3) is 0 Å². The summed E-state index contributed by atoms with van der Waals surface area (Å²) in [5.74, 6) is -0.164. The molecule has 19 heavy (non-hydrogen) atoms. The number of rotatable bonds is 1. The van der Waals surface area contributed by atoms with Crippen molar-refractivity contribution >= 4 is 17.3 Å². The van der Waals surface area contributed by atoms with Gasteiger partial charge in [-0.05, 0) is 6.07 Å². The third-order valence-electron chi connectivity index (χ3n) is 2.92. The van der Waals surface area contributed by atoms with Gasteiger partial charge in [0.15, 0.2) is 0 Å². The molecular formula is C16H12N2O. The van der Waals surface area contributed by atoms with Crippen molar-refractivity contribution in [3.63, 3.8) is 0 Å². The molecule has 0 radical (unpaired) electrons. The Kier molecular flexibility index (Phi) is 2.94. The normalized spacial score (nSPS) is 13.9. The van der Waals surface area contributed by atoms with E-state index in [1.54, 1.807) is 0 Å². The number of nitrogens with one attached hydrogen (secondary N) is 1. The molecule has 1 heterocycles. The summed E-state index contributed by atoms with van der Waals surface area (Å²) in [6.45, 7) is 0. The van der Waals surface area contributed by atoms with Gasteiger partial charge in [-0.15, -0.1) is 0 Å². The summed E-state index contributed by atoms with van der Waals surface area (Å²) in [5, 5.41) is 2.86. The topological polar surface area (TPSA) is 41.5 Å². The van der Waals surface area contributed by atoms with Gasteiger partial charge in [0.1, 0.15) is 0 Å². The summed E-state index contributed by atoms with van der Waals surface area (Å²) in [5.41, 5.74) is 3.58. The number of carbonyl (C=O) groups is 1. The van der Waals surface area contributed by atoms with E-state index in [0.29, 0.717) is 0 Å². The number of aliphatic imine (C=N–C) groups is 1. The molecule has 2 aromatic carbocycles. The van der Waals surface area contributed by atoms with Crippen molar-refractivity contribution in [2.45, 2.75) is 0 Å². The number of benzene rings is 2. The summed E-state index contributed by atoms with van der Waals surface area (Å²) in [6, 6.07) is 17.6. The minimum atomic E-state index is -0.164. The molecule has 92 valence electrons.